The zero-order valence-electron chi connectivity index (χ0n) is 9.71. The van der Waals surface area contributed by atoms with Gasteiger partial charge in [0, 0.05) is 23.6 Å². The molecule has 0 aliphatic heterocycles. The highest BCUT2D eigenvalue weighted by Gasteiger charge is 2.45. The maximum atomic E-state index is 13.6. The van der Waals surface area contributed by atoms with Gasteiger partial charge in [0.15, 0.2) is 0 Å². The number of halogens is 2. The second-order valence-corrected chi connectivity index (χ2v) is 4.75. The lowest BCUT2D eigenvalue weighted by atomic mass is 10.1. The van der Waals surface area contributed by atoms with Gasteiger partial charge < -0.3 is 10.7 Å². The average molecular weight is 249 g/mol. The van der Waals surface area contributed by atoms with E-state index in [-0.39, 0.29) is 5.41 Å². The zero-order chi connectivity index (χ0) is 12.8. The number of nitrogens with zero attached hydrogens (tertiary/aromatic N) is 1. The van der Waals surface area contributed by atoms with Crippen molar-refractivity contribution in [3.05, 3.63) is 41.9 Å². The van der Waals surface area contributed by atoms with Crippen molar-refractivity contribution in [3.8, 4) is 11.3 Å². The second kappa shape index (κ2) is 3.88. The van der Waals surface area contributed by atoms with Gasteiger partial charge in [-0.25, -0.2) is 13.8 Å². The van der Waals surface area contributed by atoms with Crippen molar-refractivity contribution in [3.63, 3.8) is 0 Å². The molecule has 1 saturated carbocycles. The molecule has 1 aromatic heterocycles. The Morgan fingerprint density at radius 2 is 2.11 bits per heavy atom. The summed E-state index contributed by atoms with van der Waals surface area (Å²) >= 11 is 0. The number of aromatic nitrogens is 2. The Morgan fingerprint density at radius 1 is 1.33 bits per heavy atom. The lowest BCUT2D eigenvalue weighted by Gasteiger charge is -2.07. The van der Waals surface area contributed by atoms with Crippen molar-refractivity contribution >= 4 is 0 Å². The van der Waals surface area contributed by atoms with Crippen LogP contribution in [0.5, 0.6) is 0 Å². The molecule has 1 aliphatic carbocycles. The number of H-pyrrole nitrogens is 1. The summed E-state index contributed by atoms with van der Waals surface area (Å²) in [6, 6.07) is 3.50. The number of nitrogens with two attached hydrogens (primary N) is 1. The Kier molecular flexibility index (Phi) is 2.45. The number of aromatic amines is 1. The van der Waals surface area contributed by atoms with Crippen LogP contribution in [0.25, 0.3) is 11.3 Å². The van der Waals surface area contributed by atoms with Crippen LogP contribution in [0.1, 0.15) is 18.7 Å². The molecule has 3 rings (SSSR count). The third kappa shape index (κ3) is 1.71. The van der Waals surface area contributed by atoms with Crippen molar-refractivity contribution in [2.45, 2.75) is 18.3 Å². The number of benzene rings is 1. The molecule has 0 radical (unpaired) electrons. The molecule has 3 nitrogen and oxygen atoms in total. The topological polar surface area (TPSA) is 54.7 Å². The van der Waals surface area contributed by atoms with Gasteiger partial charge in [0.2, 0.25) is 0 Å². The predicted molar refractivity (Wildman–Crippen MR) is 63.9 cm³/mol. The van der Waals surface area contributed by atoms with Crippen LogP contribution in [0.3, 0.4) is 0 Å². The van der Waals surface area contributed by atoms with Crippen molar-refractivity contribution in [1.82, 2.24) is 9.97 Å². The molecule has 0 unspecified atom stereocenters. The van der Waals surface area contributed by atoms with Crippen LogP contribution in [0.4, 0.5) is 8.78 Å². The van der Waals surface area contributed by atoms with Crippen LogP contribution in [0, 0.1) is 11.6 Å². The molecule has 2 aromatic rings. The number of hydrogen-bond donors (Lipinski definition) is 2. The second-order valence-electron chi connectivity index (χ2n) is 4.75. The number of hydrogen-bond acceptors (Lipinski definition) is 2. The summed E-state index contributed by atoms with van der Waals surface area (Å²) < 4.78 is 26.5. The van der Waals surface area contributed by atoms with Gasteiger partial charge in [0.25, 0.3) is 0 Å². The summed E-state index contributed by atoms with van der Waals surface area (Å²) in [4.78, 5) is 7.36. The Bertz CT molecular complexity index is 588. The van der Waals surface area contributed by atoms with E-state index in [1.165, 1.54) is 12.1 Å². The predicted octanol–water partition coefficient (Wildman–Crippen LogP) is 2.35. The maximum Gasteiger partial charge on any atom is 0.135 e. The van der Waals surface area contributed by atoms with Gasteiger partial charge in [-0.15, -0.1) is 0 Å². The quantitative estimate of drug-likeness (QED) is 0.877. The Morgan fingerprint density at radius 3 is 2.72 bits per heavy atom. The SMILES string of the molecule is NCC1(c2ncc(-c3ccc(F)cc3F)[nH]2)CC1. The van der Waals surface area contributed by atoms with Gasteiger partial charge in [0.05, 0.1) is 11.9 Å². The van der Waals surface area contributed by atoms with Crippen LogP contribution in [-0.2, 0) is 5.41 Å². The van der Waals surface area contributed by atoms with E-state index in [1.54, 1.807) is 6.20 Å². The normalized spacial score (nSPS) is 16.8. The van der Waals surface area contributed by atoms with E-state index in [0.717, 1.165) is 24.7 Å². The fraction of sp³-hybridized carbons (Fsp3) is 0.308. The minimum atomic E-state index is -0.595. The molecule has 0 spiro atoms. The van der Waals surface area contributed by atoms with E-state index in [1.807, 2.05) is 0 Å². The van der Waals surface area contributed by atoms with Gasteiger partial charge in [-0.05, 0) is 25.0 Å². The van der Waals surface area contributed by atoms with E-state index in [0.29, 0.717) is 17.8 Å². The van der Waals surface area contributed by atoms with E-state index in [4.69, 9.17) is 5.73 Å². The van der Waals surface area contributed by atoms with Crippen molar-refractivity contribution in [2.75, 3.05) is 6.54 Å². The van der Waals surface area contributed by atoms with Gasteiger partial charge in [-0.3, -0.25) is 0 Å². The first-order valence-corrected chi connectivity index (χ1v) is 5.86. The first-order valence-electron chi connectivity index (χ1n) is 5.86. The maximum absolute atomic E-state index is 13.6. The highest BCUT2D eigenvalue weighted by atomic mass is 19.1. The fourth-order valence-electron chi connectivity index (χ4n) is 2.12. The summed E-state index contributed by atoms with van der Waals surface area (Å²) in [5.74, 6) is -0.386. The lowest BCUT2D eigenvalue weighted by molar-refractivity contribution is 0.585. The molecule has 0 amide bonds. The smallest absolute Gasteiger partial charge is 0.135 e. The zero-order valence-corrected chi connectivity index (χ0v) is 9.71. The van der Waals surface area contributed by atoms with E-state index in [2.05, 4.69) is 9.97 Å². The van der Waals surface area contributed by atoms with E-state index in [9.17, 15) is 8.78 Å². The van der Waals surface area contributed by atoms with Crippen molar-refractivity contribution in [1.29, 1.82) is 0 Å². The summed E-state index contributed by atoms with van der Waals surface area (Å²) in [5.41, 5.74) is 6.53. The molecular formula is C13H13F2N3. The highest BCUT2D eigenvalue weighted by Crippen LogP contribution is 2.46. The average Bonchev–Trinajstić information content (AvgIpc) is 3.00. The molecular weight excluding hydrogens is 236 g/mol. The molecule has 0 atom stereocenters. The lowest BCUT2D eigenvalue weighted by Crippen LogP contribution is -2.21. The van der Waals surface area contributed by atoms with Gasteiger partial charge in [-0.2, -0.15) is 0 Å². The number of rotatable bonds is 3. The van der Waals surface area contributed by atoms with Crippen LogP contribution in [-0.4, -0.2) is 16.5 Å². The van der Waals surface area contributed by atoms with Crippen LogP contribution < -0.4 is 5.73 Å². The Labute approximate surface area is 103 Å². The van der Waals surface area contributed by atoms with Crippen LogP contribution >= 0.6 is 0 Å². The minimum absolute atomic E-state index is 0.0608. The fourth-order valence-corrected chi connectivity index (χ4v) is 2.12. The number of nitrogens with one attached hydrogen (secondary N) is 1. The molecule has 1 aromatic carbocycles. The van der Waals surface area contributed by atoms with Crippen molar-refractivity contribution < 1.29 is 8.78 Å². The minimum Gasteiger partial charge on any atom is -0.341 e. The van der Waals surface area contributed by atoms with Gasteiger partial charge >= 0.3 is 0 Å². The molecule has 1 heterocycles. The molecule has 5 heteroatoms. The molecule has 3 N–H and O–H groups in total. The number of imidazole rings is 1. The highest BCUT2D eigenvalue weighted by molar-refractivity contribution is 5.59. The first kappa shape index (κ1) is 11.3. The Balaban J connectivity index is 1.98. The third-order valence-electron chi connectivity index (χ3n) is 3.54. The molecule has 0 saturated heterocycles. The molecule has 1 aliphatic rings. The summed E-state index contributed by atoms with van der Waals surface area (Å²) in [5, 5.41) is 0. The monoisotopic (exact) mass is 249 g/mol. The Hall–Kier alpha value is -1.75. The van der Waals surface area contributed by atoms with Gasteiger partial charge in [0.1, 0.15) is 17.5 Å². The van der Waals surface area contributed by atoms with E-state index < -0.39 is 11.6 Å². The third-order valence-corrected chi connectivity index (χ3v) is 3.54. The van der Waals surface area contributed by atoms with E-state index >= 15 is 0 Å². The molecule has 94 valence electrons. The molecule has 18 heavy (non-hydrogen) atoms. The van der Waals surface area contributed by atoms with Crippen molar-refractivity contribution in [2.24, 2.45) is 5.73 Å². The summed E-state index contributed by atoms with van der Waals surface area (Å²) in [6.07, 6.45) is 3.58. The molecule has 1 fully saturated rings. The first-order chi connectivity index (χ1) is 8.64. The van der Waals surface area contributed by atoms with Crippen LogP contribution in [0.2, 0.25) is 0 Å². The summed E-state index contributed by atoms with van der Waals surface area (Å²) in [7, 11) is 0. The van der Waals surface area contributed by atoms with Crippen LogP contribution in [0.15, 0.2) is 24.4 Å². The standard InChI is InChI=1S/C13H13F2N3/c14-8-1-2-9(10(15)5-8)11-6-17-12(18-11)13(7-16)3-4-13/h1-2,5-6H,3-4,7,16H2,(H,17,18). The molecule has 0 bridgehead atoms. The van der Waals surface area contributed by atoms with Gasteiger partial charge in [-0.1, -0.05) is 0 Å². The largest absolute Gasteiger partial charge is 0.341 e. The summed E-state index contributed by atoms with van der Waals surface area (Å²) in [6.45, 7) is 0.534.